The van der Waals surface area contributed by atoms with Crippen molar-refractivity contribution in [2.75, 3.05) is 12.4 Å². The van der Waals surface area contributed by atoms with Crippen LogP contribution in [0.15, 0.2) is 42.5 Å². The normalized spacial score (nSPS) is 12.2. The minimum Gasteiger partial charge on any atom is -0.481 e. The molecule has 0 radical (unpaired) electrons. The number of hydrogen-bond donors (Lipinski definition) is 3. The summed E-state index contributed by atoms with van der Waals surface area (Å²) in [5, 5.41) is 14.7. The number of carbonyl (C=O) groups excluding carboxylic acids is 2. The molecule has 2 amide bonds. The second-order valence-corrected chi connectivity index (χ2v) is 13.5. The molecule has 7 nitrogen and oxygen atoms in total. The van der Waals surface area contributed by atoms with E-state index in [4.69, 9.17) is 9.84 Å². The van der Waals surface area contributed by atoms with E-state index in [1.54, 1.807) is 43.5 Å². The maximum atomic E-state index is 14.6. The Balaban J connectivity index is 2.25. The standard InChI is InChI=1S/C23H29FN2O5Si/c1-31-14-15-5-7-16(8-6-15)22(26-20(27)11-12-21(28)29)23(30)25-17-9-10-19(18(24)13-17)32(2,3)4/h5-10,13,22H,11-12,14H2,1-4H3,(H,25,30)(H,26,27)(H,28,29)/t22-/m1/s1. The summed E-state index contributed by atoms with van der Waals surface area (Å²) in [5.41, 5.74) is 1.66. The zero-order valence-electron chi connectivity index (χ0n) is 18.7. The fourth-order valence-corrected chi connectivity index (χ4v) is 4.51. The molecule has 0 saturated heterocycles. The van der Waals surface area contributed by atoms with Crippen LogP contribution >= 0.6 is 0 Å². The molecule has 2 rings (SSSR count). The Morgan fingerprint density at radius 1 is 1.06 bits per heavy atom. The summed E-state index contributed by atoms with van der Waals surface area (Å²) in [6.07, 6.45) is -0.614. The summed E-state index contributed by atoms with van der Waals surface area (Å²) in [7, 11) is -0.302. The SMILES string of the molecule is COCc1ccc([C@@H](NC(=O)CCC(=O)O)C(=O)Nc2ccc([Si](C)(C)C)c(F)c2)cc1. The lowest BCUT2D eigenvalue weighted by Crippen LogP contribution is -2.40. The number of carboxylic acid groups (broad SMARTS) is 1. The zero-order valence-corrected chi connectivity index (χ0v) is 19.7. The Kier molecular flexibility index (Phi) is 8.68. The van der Waals surface area contributed by atoms with Crippen molar-refractivity contribution in [3.05, 3.63) is 59.4 Å². The molecular formula is C23H29FN2O5Si. The first-order valence-corrected chi connectivity index (χ1v) is 13.7. The number of halogens is 1. The first-order valence-electron chi connectivity index (χ1n) is 10.2. The third kappa shape index (κ3) is 7.28. The van der Waals surface area contributed by atoms with Gasteiger partial charge in [0.2, 0.25) is 5.91 Å². The quantitative estimate of drug-likeness (QED) is 0.473. The highest BCUT2D eigenvalue weighted by Crippen LogP contribution is 2.19. The monoisotopic (exact) mass is 460 g/mol. The van der Waals surface area contributed by atoms with Crippen molar-refractivity contribution in [3.63, 3.8) is 0 Å². The highest BCUT2D eigenvalue weighted by atomic mass is 28.3. The van der Waals surface area contributed by atoms with Crippen LogP contribution in [0.3, 0.4) is 0 Å². The Labute approximate surface area is 188 Å². The number of hydrogen-bond acceptors (Lipinski definition) is 4. The highest BCUT2D eigenvalue weighted by Gasteiger charge is 2.25. The van der Waals surface area contributed by atoms with Gasteiger partial charge in [-0.15, -0.1) is 0 Å². The van der Waals surface area contributed by atoms with E-state index in [0.29, 0.717) is 17.4 Å². The van der Waals surface area contributed by atoms with Gasteiger partial charge in [0, 0.05) is 19.2 Å². The maximum Gasteiger partial charge on any atom is 0.303 e. The Bertz CT molecular complexity index is 973. The van der Waals surface area contributed by atoms with E-state index in [-0.39, 0.29) is 24.3 Å². The van der Waals surface area contributed by atoms with E-state index in [2.05, 4.69) is 10.6 Å². The van der Waals surface area contributed by atoms with Gasteiger partial charge in [-0.2, -0.15) is 0 Å². The number of benzene rings is 2. The number of anilines is 1. The second-order valence-electron chi connectivity index (χ2n) is 8.50. The molecular weight excluding hydrogens is 431 g/mol. The molecule has 3 N–H and O–H groups in total. The molecule has 9 heteroatoms. The van der Waals surface area contributed by atoms with Gasteiger partial charge in [0.15, 0.2) is 0 Å². The molecule has 0 fully saturated rings. The minimum atomic E-state index is -1.87. The molecule has 0 heterocycles. The number of amides is 2. The van der Waals surface area contributed by atoms with E-state index in [0.717, 1.165) is 5.56 Å². The number of ether oxygens (including phenoxy) is 1. The molecule has 172 valence electrons. The van der Waals surface area contributed by atoms with Crippen LogP contribution < -0.4 is 15.8 Å². The van der Waals surface area contributed by atoms with Gasteiger partial charge in [0.25, 0.3) is 5.91 Å². The molecule has 2 aromatic rings. The van der Waals surface area contributed by atoms with Gasteiger partial charge in [-0.25, -0.2) is 4.39 Å². The molecule has 2 aromatic carbocycles. The minimum absolute atomic E-state index is 0.263. The van der Waals surface area contributed by atoms with E-state index < -0.39 is 31.9 Å². The number of carbonyl (C=O) groups is 3. The summed E-state index contributed by atoms with van der Waals surface area (Å²) in [6, 6.07) is 10.4. The maximum absolute atomic E-state index is 14.6. The first kappa shape index (κ1) is 25.2. The average molecular weight is 461 g/mol. The van der Waals surface area contributed by atoms with Crippen molar-refractivity contribution in [1.29, 1.82) is 0 Å². The predicted molar refractivity (Wildman–Crippen MR) is 123 cm³/mol. The molecule has 0 saturated carbocycles. The molecule has 0 aliphatic carbocycles. The lowest BCUT2D eigenvalue weighted by molar-refractivity contribution is -0.139. The van der Waals surface area contributed by atoms with Crippen LogP contribution in [0.4, 0.5) is 10.1 Å². The van der Waals surface area contributed by atoms with Gasteiger partial charge in [-0.1, -0.05) is 50.0 Å². The highest BCUT2D eigenvalue weighted by molar-refractivity contribution is 6.88. The first-order chi connectivity index (χ1) is 15.0. The van der Waals surface area contributed by atoms with Crippen molar-refractivity contribution < 1.29 is 28.6 Å². The molecule has 0 aliphatic rings. The third-order valence-corrected chi connectivity index (χ3v) is 6.82. The van der Waals surface area contributed by atoms with Gasteiger partial charge in [-0.3, -0.25) is 14.4 Å². The number of aliphatic carboxylic acids is 1. The molecule has 32 heavy (non-hydrogen) atoms. The summed E-state index contributed by atoms with van der Waals surface area (Å²) in [5.74, 6) is -2.63. The van der Waals surface area contributed by atoms with Gasteiger partial charge >= 0.3 is 5.97 Å². The zero-order chi connectivity index (χ0) is 23.9. The number of carboxylic acids is 1. The van der Waals surface area contributed by atoms with Gasteiger partial charge in [-0.05, 0) is 28.4 Å². The fourth-order valence-electron chi connectivity index (χ4n) is 3.14. The van der Waals surface area contributed by atoms with Crippen LogP contribution in [0, 0.1) is 5.82 Å². The fraction of sp³-hybridized carbons (Fsp3) is 0.348. The van der Waals surface area contributed by atoms with E-state index in [1.807, 2.05) is 19.6 Å². The largest absolute Gasteiger partial charge is 0.481 e. The summed E-state index contributed by atoms with van der Waals surface area (Å²) < 4.78 is 19.7. The van der Waals surface area contributed by atoms with E-state index >= 15 is 0 Å². The molecule has 0 bridgehead atoms. The average Bonchev–Trinajstić information content (AvgIpc) is 2.70. The summed E-state index contributed by atoms with van der Waals surface area (Å²) in [4.78, 5) is 36.0. The van der Waals surface area contributed by atoms with Crippen molar-refractivity contribution in [2.24, 2.45) is 0 Å². The number of rotatable bonds is 10. The van der Waals surface area contributed by atoms with Crippen molar-refractivity contribution in [3.8, 4) is 0 Å². The van der Waals surface area contributed by atoms with Crippen LogP contribution in [0.1, 0.15) is 30.0 Å². The number of methoxy groups -OCH3 is 1. The van der Waals surface area contributed by atoms with Crippen molar-refractivity contribution in [2.45, 2.75) is 45.1 Å². The lowest BCUT2D eigenvalue weighted by atomic mass is 10.0. The van der Waals surface area contributed by atoms with Crippen LogP contribution in [0.2, 0.25) is 19.6 Å². The summed E-state index contributed by atoms with van der Waals surface area (Å²) >= 11 is 0. The topological polar surface area (TPSA) is 105 Å². The molecule has 1 atom stereocenters. The smallest absolute Gasteiger partial charge is 0.303 e. The number of nitrogens with one attached hydrogen (secondary N) is 2. The molecule has 0 aliphatic heterocycles. The Morgan fingerprint density at radius 2 is 1.72 bits per heavy atom. The van der Waals surface area contributed by atoms with Crippen LogP contribution in [-0.2, 0) is 25.7 Å². The molecule has 0 aromatic heterocycles. The van der Waals surface area contributed by atoms with Crippen molar-refractivity contribution in [1.82, 2.24) is 5.32 Å². The van der Waals surface area contributed by atoms with Crippen molar-refractivity contribution >= 4 is 36.7 Å². The molecule has 0 unspecified atom stereocenters. The second kappa shape index (κ2) is 11.0. The van der Waals surface area contributed by atoms with E-state index in [1.165, 1.54) is 6.07 Å². The van der Waals surface area contributed by atoms with Gasteiger partial charge in [0.1, 0.15) is 11.9 Å². The third-order valence-electron chi connectivity index (χ3n) is 4.80. The summed E-state index contributed by atoms with van der Waals surface area (Å²) in [6.45, 7) is 6.48. The van der Waals surface area contributed by atoms with Gasteiger partial charge < -0.3 is 20.5 Å². The van der Waals surface area contributed by atoms with Crippen LogP contribution in [-0.4, -0.2) is 38.1 Å². The predicted octanol–water partition coefficient (Wildman–Crippen LogP) is 3.18. The van der Waals surface area contributed by atoms with E-state index in [9.17, 15) is 18.8 Å². The van der Waals surface area contributed by atoms with Gasteiger partial charge in [0.05, 0.1) is 21.1 Å². The lowest BCUT2D eigenvalue weighted by Gasteiger charge is -2.21. The van der Waals surface area contributed by atoms with Crippen LogP contribution in [0.5, 0.6) is 0 Å². The molecule has 0 spiro atoms. The Hall–Kier alpha value is -3.04. The Morgan fingerprint density at radius 3 is 2.25 bits per heavy atom. The van der Waals surface area contributed by atoms with Crippen LogP contribution in [0.25, 0.3) is 0 Å².